The number of alkyl carbamates (subject to hydrolysis) is 1. The van der Waals surface area contributed by atoms with E-state index in [4.69, 9.17) is 23.7 Å². The van der Waals surface area contributed by atoms with Crippen molar-refractivity contribution in [1.82, 2.24) is 10.2 Å². The number of epoxide rings is 2. The molecular formula is C35H46N2O12. The summed E-state index contributed by atoms with van der Waals surface area (Å²) in [6.45, 7) is 6.21. The molecule has 5 amide bonds. The molecule has 14 nitrogen and oxygen atoms in total. The number of amides is 5. The molecule has 3 heterocycles. The maximum absolute atomic E-state index is 12.9. The van der Waals surface area contributed by atoms with Gasteiger partial charge >= 0.3 is 18.0 Å². The van der Waals surface area contributed by atoms with Gasteiger partial charge in [0.2, 0.25) is 11.8 Å². The van der Waals surface area contributed by atoms with Crippen molar-refractivity contribution in [1.29, 1.82) is 0 Å². The van der Waals surface area contributed by atoms with Crippen LogP contribution in [0, 0.1) is 0 Å². The largest absolute Gasteiger partial charge is 0.465 e. The highest BCUT2D eigenvalue weighted by Crippen LogP contribution is 2.39. The molecule has 3 aliphatic heterocycles. The van der Waals surface area contributed by atoms with Crippen LogP contribution in [0.2, 0.25) is 0 Å². The van der Waals surface area contributed by atoms with Crippen LogP contribution in [0.4, 0.5) is 4.79 Å². The van der Waals surface area contributed by atoms with Crippen LogP contribution < -0.4 is 5.32 Å². The maximum Gasteiger partial charge on any atom is 0.414 e. The van der Waals surface area contributed by atoms with Crippen LogP contribution in [0.1, 0.15) is 85.5 Å². The quantitative estimate of drug-likeness (QED) is 0.0785. The molecule has 0 saturated carbocycles. The molecule has 0 aliphatic carbocycles. The van der Waals surface area contributed by atoms with Gasteiger partial charge in [0.25, 0.3) is 11.8 Å². The van der Waals surface area contributed by atoms with E-state index in [0.29, 0.717) is 36.2 Å². The van der Waals surface area contributed by atoms with Gasteiger partial charge in [-0.1, -0.05) is 62.5 Å². The number of cyclic esters (lactones) is 1. The minimum Gasteiger partial charge on any atom is -0.465 e. The number of ether oxygens (including phenoxy) is 5. The maximum atomic E-state index is 12.9. The number of carbonyl (C=O) groups is 7. The Balaban J connectivity index is 1.74. The number of nitrogens with one attached hydrogen (secondary N) is 1. The van der Waals surface area contributed by atoms with Crippen LogP contribution in [0.15, 0.2) is 48.1 Å². The minimum atomic E-state index is -1.18. The molecule has 0 radical (unpaired) electrons. The predicted octanol–water partition coefficient (Wildman–Crippen LogP) is 3.68. The van der Waals surface area contributed by atoms with Crippen LogP contribution in [0.3, 0.4) is 0 Å². The fourth-order valence-corrected chi connectivity index (χ4v) is 5.24. The Bertz CT molecular complexity index is 1370. The van der Waals surface area contributed by atoms with E-state index in [-0.39, 0.29) is 12.6 Å². The Kier molecular flexibility index (Phi) is 15.6. The van der Waals surface area contributed by atoms with E-state index in [1.165, 1.54) is 18.2 Å². The van der Waals surface area contributed by atoms with Crippen LogP contribution in [0.5, 0.6) is 0 Å². The zero-order chi connectivity index (χ0) is 35.9. The Morgan fingerprint density at radius 1 is 0.959 bits per heavy atom. The Labute approximate surface area is 285 Å². The number of allylic oxidation sites excluding steroid dienone is 3. The van der Waals surface area contributed by atoms with E-state index in [9.17, 15) is 33.6 Å². The van der Waals surface area contributed by atoms with Crippen molar-refractivity contribution in [2.45, 2.75) is 122 Å². The highest BCUT2D eigenvalue weighted by Gasteiger charge is 2.58. The van der Waals surface area contributed by atoms with Crippen LogP contribution in [0.25, 0.3) is 0 Å². The number of fused-ring (bicyclic) bond motifs is 1. The highest BCUT2D eigenvalue weighted by molar-refractivity contribution is 6.16. The summed E-state index contributed by atoms with van der Waals surface area (Å²) in [5.41, 5.74) is 0.564. The summed E-state index contributed by atoms with van der Waals surface area (Å²) in [5, 5.41) is 2.04. The monoisotopic (exact) mass is 686 g/mol. The number of hydrogen-bond acceptors (Lipinski definition) is 12. The molecule has 0 aromatic rings. The fraction of sp³-hybridized carbons (Fsp3) is 0.571. The SMILES string of the molecule is CCCCCCCC(=O)OCCC=CC1OC1C1OC(=O)C=C/C=C/C(=O)N(C(C)=O)C(=O)C=C(C)CCC2OC2C1OC(=O)NC(C)=O. The molecule has 2 saturated heterocycles. The van der Waals surface area contributed by atoms with Gasteiger partial charge < -0.3 is 23.7 Å². The van der Waals surface area contributed by atoms with Crippen LogP contribution in [-0.4, -0.2) is 89.8 Å². The summed E-state index contributed by atoms with van der Waals surface area (Å²) in [5.74, 6) is -4.27. The lowest BCUT2D eigenvalue weighted by atomic mass is 10.00. The van der Waals surface area contributed by atoms with Crippen molar-refractivity contribution in [3.63, 3.8) is 0 Å². The lowest BCUT2D eigenvalue weighted by Crippen LogP contribution is -2.46. The second-order valence-corrected chi connectivity index (χ2v) is 12.0. The third-order valence-corrected chi connectivity index (χ3v) is 7.82. The normalized spacial score (nSPS) is 26.6. The van der Waals surface area contributed by atoms with Gasteiger partial charge in [0.05, 0.1) is 12.7 Å². The average molecular weight is 687 g/mol. The van der Waals surface area contributed by atoms with Gasteiger partial charge in [-0.2, -0.15) is 0 Å². The molecule has 6 atom stereocenters. The number of rotatable bonds is 12. The topological polar surface area (TPSA) is 188 Å². The second kappa shape index (κ2) is 19.5. The first-order valence-electron chi connectivity index (χ1n) is 16.6. The summed E-state index contributed by atoms with van der Waals surface area (Å²) in [7, 11) is 0. The third-order valence-electron chi connectivity index (χ3n) is 7.82. The van der Waals surface area contributed by atoms with Gasteiger partial charge in [-0.3, -0.25) is 29.3 Å². The molecule has 3 rings (SSSR count). The summed E-state index contributed by atoms with van der Waals surface area (Å²) < 4.78 is 28.2. The fourth-order valence-electron chi connectivity index (χ4n) is 5.24. The average Bonchev–Trinajstić information content (AvgIpc) is 3.95. The number of hydrogen-bond donors (Lipinski definition) is 1. The third kappa shape index (κ3) is 13.5. The number of esters is 2. The first-order valence-corrected chi connectivity index (χ1v) is 16.6. The molecule has 0 aromatic carbocycles. The van der Waals surface area contributed by atoms with Crippen molar-refractivity contribution >= 4 is 41.7 Å². The number of unbranched alkanes of at least 4 members (excludes halogenated alkanes) is 4. The number of imide groups is 4. The smallest absolute Gasteiger partial charge is 0.414 e. The first kappa shape index (κ1) is 39.0. The van der Waals surface area contributed by atoms with E-state index < -0.39 is 72.3 Å². The zero-order valence-corrected chi connectivity index (χ0v) is 28.4. The van der Waals surface area contributed by atoms with Gasteiger partial charge in [0.15, 0.2) is 12.2 Å². The standard InChI is InChI=1S/C35H46N2O12/c1-5-6-7-8-9-16-29(42)45-20-13-12-14-25-31(46-25)33-34(49-35(44)36-23(3)38)32-26(47-32)19-18-22(2)21-28(41)37(24(4)39)27(40)15-10-11-17-30(43)48-33/h10-12,14-15,17,21,25-26,31-34H,5-9,13,16,18-20H2,1-4H3,(H,36,38,44)/b14-12?,15-10+,17-11?,22-21?. The van der Waals surface area contributed by atoms with Gasteiger partial charge in [0.1, 0.15) is 18.3 Å². The first-order chi connectivity index (χ1) is 23.4. The molecule has 0 spiro atoms. The molecule has 1 N–H and O–H groups in total. The van der Waals surface area contributed by atoms with E-state index in [1.807, 2.05) is 5.32 Å². The Morgan fingerprint density at radius 2 is 1.69 bits per heavy atom. The van der Waals surface area contributed by atoms with E-state index in [2.05, 4.69) is 6.92 Å². The van der Waals surface area contributed by atoms with E-state index >= 15 is 0 Å². The van der Waals surface area contributed by atoms with Crippen molar-refractivity contribution in [3.8, 4) is 0 Å². The van der Waals surface area contributed by atoms with E-state index in [1.54, 1.807) is 19.1 Å². The van der Waals surface area contributed by atoms with Crippen LogP contribution >= 0.6 is 0 Å². The summed E-state index contributed by atoms with van der Waals surface area (Å²) >= 11 is 0. The Morgan fingerprint density at radius 3 is 2.41 bits per heavy atom. The highest BCUT2D eigenvalue weighted by atomic mass is 16.7. The predicted molar refractivity (Wildman–Crippen MR) is 173 cm³/mol. The molecule has 3 aliphatic rings. The van der Waals surface area contributed by atoms with Gasteiger partial charge in [0, 0.05) is 38.5 Å². The van der Waals surface area contributed by atoms with Gasteiger partial charge in [-0.15, -0.1) is 0 Å². The summed E-state index contributed by atoms with van der Waals surface area (Å²) in [6, 6.07) is 0. The van der Waals surface area contributed by atoms with Crippen molar-refractivity contribution < 1.29 is 57.2 Å². The lowest BCUT2D eigenvalue weighted by Gasteiger charge is -2.24. The Hall–Kier alpha value is -4.43. The molecule has 0 bridgehead atoms. The summed E-state index contributed by atoms with van der Waals surface area (Å²) in [4.78, 5) is 86.8. The molecule has 0 aromatic heterocycles. The lowest BCUT2D eigenvalue weighted by molar-refractivity contribution is -0.152. The van der Waals surface area contributed by atoms with Crippen molar-refractivity contribution in [2.75, 3.05) is 6.61 Å². The van der Waals surface area contributed by atoms with Gasteiger partial charge in [-0.05, 0) is 32.6 Å². The van der Waals surface area contributed by atoms with Gasteiger partial charge in [-0.25, -0.2) is 14.5 Å². The molecule has 2 fully saturated rings. The second-order valence-electron chi connectivity index (χ2n) is 12.0. The zero-order valence-electron chi connectivity index (χ0n) is 28.4. The molecule has 49 heavy (non-hydrogen) atoms. The molecule has 14 heteroatoms. The van der Waals surface area contributed by atoms with Crippen molar-refractivity contribution in [2.24, 2.45) is 0 Å². The van der Waals surface area contributed by atoms with Crippen LogP contribution in [-0.2, 0) is 52.5 Å². The van der Waals surface area contributed by atoms with Crippen molar-refractivity contribution in [3.05, 3.63) is 48.1 Å². The molecule has 268 valence electrons. The molecular weight excluding hydrogens is 640 g/mol. The summed E-state index contributed by atoms with van der Waals surface area (Å²) in [6.07, 6.45) is 9.73. The molecule has 6 unspecified atom stereocenters. The minimum absolute atomic E-state index is 0.194. The number of nitrogens with zero attached hydrogens (tertiary/aromatic N) is 1. The number of carbonyl (C=O) groups excluding carboxylic acids is 7. The van der Waals surface area contributed by atoms with E-state index in [0.717, 1.165) is 58.1 Å².